The summed E-state index contributed by atoms with van der Waals surface area (Å²) in [5, 5.41) is 0. The number of hydrogen-bond donors (Lipinski definition) is 0. The Labute approximate surface area is 177 Å². The quantitative estimate of drug-likeness (QED) is 0.609. The molecular formula is C26H26N2O2. The maximum Gasteiger partial charge on any atom is 0.216 e. The van der Waals surface area contributed by atoms with Crippen LogP contribution in [0.15, 0.2) is 88.8 Å². The van der Waals surface area contributed by atoms with Gasteiger partial charge in [0.25, 0.3) is 0 Å². The van der Waals surface area contributed by atoms with E-state index in [1.54, 1.807) is 0 Å². The molecule has 152 valence electrons. The molecule has 0 atom stereocenters. The second-order valence-electron chi connectivity index (χ2n) is 7.06. The molecule has 0 N–H and O–H groups in total. The predicted molar refractivity (Wildman–Crippen MR) is 122 cm³/mol. The number of benzene rings is 3. The van der Waals surface area contributed by atoms with E-state index >= 15 is 0 Å². The van der Waals surface area contributed by atoms with E-state index in [1.165, 1.54) is 16.7 Å². The van der Waals surface area contributed by atoms with Gasteiger partial charge in [-0.15, -0.1) is 0 Å². The number of nitrogens with zero attached hydrogens (tertiary/aromatic N) is 2. The molecule has 2 aliphatic rings. The third-order valence-corrected chi connectivity index (χ3v) is 5.02. The lowest BCUT2D eigenvalue weighted by atomic mass is 10.0. The minimum absolute atomic E-state index is 0.704. The van der Waals surface area contributed by atoms with Crippen LogP contribution in [0.4, 0.5) is 0 Å². The number of aliphatic imine (C=N–C) groups is 2. The van der Waals surface area contributed by atoms with Crippen molar-refractivity contribution in [3.63, 3.8) is 0 Å². The molecule has 0 aromatic heterocycles. The van der Waals surface area contributed by atoms with Gasteiger partial charge >= 0.3 is 0 Å². The molecule has 3 aromatic carbocycles. The molecule has 30 heavy (non-hydrogen) atoms. The summed E-state index contributed by atoms with van der Waals surface area (Å²) in [5.74, 6) is 1.56. The van der Waals surface area contributed by atoms with Gasteiger partial charge in [-0.25, -0.2) is 9.98 Å². The van der Waals surface area contributed by atoms with Gasteiger partial charge < -0.3 is 9.47 Å². The van der Waals surface area contributed by atoms with Gasteiger partial charge in [0.1, 0.15) is 13.2 Å². The summed E-state index contributed by atoms with van der Waals surface area (Å²) in [6, 6.07) is 27.1. The fourth-order valence-corrected chi connectivity index (χ4v) is 3.34. The SMILES string of the molecule is CCc1ccc(C2=NCCO2)cc1.c1ccc(-c2ccc(C3=NCCO3)cc2)cc1. The van der Waals surface area contributed by atoms with Gasteiger partial charge in [0.05, 0.1) is 13.1 Å². The summed E-state index contributed by atoms with van der Waals surface area (Å²) >= 11 is 0. The first-order valence-electron chi connectivity index (χ1n) is 10.4. The van der Waals surface area contributed by atoms with Crippen molar-refractivity contribution in [1.29, 1.82) is 0 Å². The van der Waals surface area contributed by atoms with Crippen LogP contribution in [0.1, 0.15) is 23.6 Å². The van der Waals surface area contributed by atoms with Gasteiger partial charge in [-0.05, 0) is 47.4 Å². The summed E-state index contributed by atoms with van der Waals surface area (Å²) < 4.78 is 10.8. The van der Waals surface area contributed by atoms with Crippen molar-refractivity contribution in [2.75, 3.05) is 26.3 Å². The van der Waals surface area contributed by atoms with Crippen molar-refractivity contribution in [2.45, 2.75) is 13.3 Å². The zero-order valence-corrected chi connectivity index (χ0v) is 17.3. The fourth-order valence-electron chi connectivity index (χ4n) is 3.34. The standard InChI is InChI=1S/C15H13NO.C11H13NO/c1-2-4-12(5-3-1)13-6-8-14(9-7-13)15-16-10-11-17-15;1-2-9-3-5-10(6-4-9)11-12-7-8-13-11/h1-9H,10-11H2;3-6H,2,7-8H2,1H3. The predicted octanol–water partition coefficient (Wildman–Crippen LogP) is 5.16. The van der Waals surface area contributed by atoms with Crippen LogP contribution in [0.5, 0.6) is 0 Å². The van der Waals surface area contributed by atoms with E-state index < -0.39 is 0 Å². The van der Waals surface area contributed by atoms with Crippen LogP contribution >= 0.6 is 0 Å². The molecule has 5 rings (SSSR count). The Kier molecular flexibility index (Phi) is 6.55. The van der Waals surface area contributed by atoms with Crippen LogP contribution in [0.25, 0.3) is 11.1 Å². The summed E-state index contributed by atoms with van der Waals surface area (Å²) in [4.78, 5) is 8.56. The van der Waals surface area contributed by atoms with Crippen molar-refractivity contribution in [3.05, 3.63) is 95.6 Å². The molecule has 0 radical (unpaired) electrons. The third-order valence-electron chi connectivity index (χ3n) is 5.02. The van der Waals surface area contributed by atoms with E-state index in [0.29, 0.717) is 6.61 Å². The van der Waals surface area contributed by atoms with Gasteiger partial charge in [-0.2, -0.15) is 0 Å². The lowest BCUT2D eigenvalue weighted by Gasteiger charge is -2.04. The average Bonchev–Trinajstić information content (AvgIpc) is 3.55. The first-order valence-corrected chi connectivity index (χ1v) is 10.4. The molecule has 0 fully saturated rings. The van der Waals surface area contributed by atoms with Crippen LogP contribution in [-0.2, 0) is 15.9 Å². The van der Waals surface area contributed by atoms with Crippen molar-refractivity contribution in [3.8, 4) is 11.1 Å². The third kappa shape index (κ3) is 4.95. The highest BCUT2D eigenvalue weighted by Gasteiger charge is 2.10. The van der Waals surface area contributed by atoms with Crippen LogP contribution in [0.2, 0.25) is 0 Å². The minimum Gasteiger partial charge on any atom is -0.476 e. The van der Waals surface area contributed by atoms with Crippen LogP contribution in [0, 0.1) is 0 Å². The Balaban J connectivity index is 0.000000151. The molecule has 3 aromatic rings. The molecule has 4 nitrogen and oxygen atoms in total. The highest BCUT2D eigenvalue weighted by Crippen LogP contribution is 2.20. The summed E-state index contributed by atoms with van der Waals surface area (Å²) in [5.41, 5.74) is 5.94. The smallest absolute Gasteiger partial charge is 0.216 e. The number of ether oxygens (including phenoxy) is 2. The summed E-state index contributed by atoms with van der Waals surface area (Å²) in [7, 11) is 0. The topological polar surface area (TPSA) is 43.2 Å². The summed E-state index contributed by atoms with van der Waals surface area (Å²) in [6.45, 7) is 5.15. The second-order valence-corrected chi connectivity index (χ2v) is 7.06. The van der Waals surface area contributed by atoms with Crippen molar-refractivity contribution in [1.82, 2.24) is 0 Å². The maximum atomic E-state index is 5.43. The normalized spacial score (nSPS) is 14.7. The van der Waals surface area contributed by atoms with Gasteiger partial charge in [0.2, 0.25) is 11.8 Å². The van der Waals surface area contributed by atoms with E-state index in [1.807, 2.05) is 18.2 Å². The first kappa shape index (κ1) is 19.9. The molecule has 2 aliphatic heterocycles. The molecular weight excluding hydrogens is 372 g/mol. The molecule has 0 aliphatic carbocycles. The van der Waals surface area contributed by atoms with Gasteiger partial charge in [0, 0.05) is 11.1 Å². The Morgan fingerprint density at radius 2 is 1.07 bits per heavy atom. The Morgan fingerprint density at radius 3 is 1.53 bits per heavy atom. The first-order chi connectivity index (χ1) is 14.8. The fraction of sp³-hybridized carbons (Fsp3) is 0.231. The van der Waals surface area contributed by atoms with Gasteiger partial charge in [0.15, 0.2) is 0 Å². The second kappa shape index (κ2) is 9.88. The maximum absolute atomic E-state index is 5.43. The molecule has 2 heterocycles. The zero-order chi connectivity index (χ0) is 20.6. The molecule has 0 spiro atoms. The van der Waals surface area contributed by atoms with Crippen molar-refractivity contribution in [2.24, 2.45) is 9.98 Å². The molecule has 0 saturated heterocycles. The van der Waals surface area contributed by atoms with Gasteiger partial charge in [-0.3, -0.25) is 0 Å². The van der Waals surface area contributed by atoms with E-state index in [4.69, 9.17) is 9.47 Å². The monoisotopic (exact) mass is 398 g/mol. The van der Waals surface area contributed by atoms with Crippen LogP contribution < -0.4 is 0 Å². The molecule has 4 heteroatoms. The van der Waals surface area contributed by atoms with Gasteiger partial charge in [-0.1, -0.05) is 61.5 Å². The molecule has 0 saturated carbocycles. The Hall–Kier alpha value is -3.40. The van der Waals surface area contributed by atoms with E-state index in [9.17, 15) is 0 Å². The minimum atomic E-state index is 0.704. The highest BCUT2D eigenvalue weighted by atomic mass is 16.5. The Bertz CT molecular complexity index is 1010. The van der Waals surface area contributed by atoms with Crippen molar-refractivity contribution < 1.29 is 9.47 Å². The zero-order valence-electron chi connectivity index (χ0n) is 17.3. The molecule has 0 bridgehead atoms. The summed E-state index contributed by atoms with van der Waals surface area (Å²) in [6.07, 6.45) is 1.08. The van der Waals surface area contributed by atoms with Crippen molar-refractivity contribution >= 4 is 11.8 Å². The number of aryl methyl sites for hydroxylation is 1. The molecule has 0 unspecified atom stereocenters. The number of rotatable bonds is 4. The van der Waals surface area contributed by atoms with Crippen LogP contribution in [0.3, 0.4) is 0 Å². The Morgan fingerprint density at radius 1 is 0.600 bits per heavy atom. The highest BCUT2D eigenvalue weighted by molar-refractivity contribution is 5.95. The lowest BCUT2D eigenvalue weighted by Crippen LogP contribution is -2.00. The van der Waals surface area contributed by atoms with E-state index in [-0.39, 0.29) is 0 Å². The van der Waals surface area contributed by atoms with E-state index in [2.05, 4.69) is 77.6 Å². The van der Waals surface area contributed by atoms with Crippen LogP contribution in [-0.4, -0.2) is 38.1 Å². The van der Waals surface area contributed by atoms with E-state index in [0.717, 1.165) is 49.0 Å². The molecule has 0 amide bonds. The number of hydrogen-bond acceptors (Lipinski definition) is 4. The largest absolute Gasteiger partial charge is 0.476 e. The lowest BCUT2D eigenvalue weighted by molar-refractivity contribution is 0.348. The average molecular weight is 399 g/mol.